The summed E-state index contributed by atoms with van der Waals surface area (Å²) in [7, 11) is 2.94. The summed E-state index contributed by atoms with van der Waals surface area (Å²) >= 11 is 6.41. The van der Waals surface area contributed by atoms with E-state index in [4.69, 9.17) is 21.1 Å². The van der Waals surface area contributed by atoms with Crippen LogP contribution >= 0.6 is 11.6 Å². The second-order valence-electron chi connectivity index (χ2n) is 13.9. The number of halogens is 1. The number of carbonyl (C=O) groups excluding carboxylic acids is 4. The molecule has 1 N–H and O–H groups in total. The topological polar surface area (TPSA) is 113 Å². The van der Waals surface area contributed by atoms with Crippen molar-refractivity contribution >= 4 is 46.6 Å². The number of phenolic OH excluding ortho intramolecular Hbond substituents is 1. The van der Waals surface area contributed by atoms with Crippen molar-refractivity contribution in [2.45, 2.75) is 37.5 Å². The molecule has 6 atom stereocenters. The molecule has 10 heteroatoms. The molecule has 4 aromatic carbocycles. The molecule has 52 heavy (non-hydrogen) atoms. The van der Waals surface area contributed by atoms with E-state index in [9.17, 15) is 19.5 Å². The normalized spacial score (nSPS) is 26.5. The van der Waals surface area contributed by atoms with Crippen LogP contribution in [0.15, 0.2) is 103 Å². The zero-order chi connectivity index (χ0) is 36.5. The predicted molar refractivity (Wildman–Crippen MR) is 196 cm³/mol. The van der Waals surface area contributed by atoms with Crippen LogP contribution < -0.4 is 19.3 Å². The number of aryl methyl sites for hydroxylation is 1. The Hall–Kier alpha value is -5.41. The maximum absolute atomic E-state index is 15.5. The Morgan fingerprint density at radius 1 is 0.808 bits per heavy atom. The smallest absolute Gasteiger partial charge is 0.246 e. The summed E-state index contributed by atoms with van der Waals surface area (Å²) in [6.45, 7) is 2.04. The Kier molecular flexibility index (Phi) is 8.21. The first-order valence-corrected chi connectivity index (χ1v) is 17.8. The quantitative estimate of drug-likeness (QED) is 0.162. The number of rotatable bonds is 7. The first kappa shape index (κ1) is 33.7. The molecule has 9 nitrogen and oxygen atoms in total. The van der Waals surface area contributed by atoms with Gasteiger partial charge in [0.1, 0.15) is 17.2 Å². The molecule has 2 aliphatic carbocycles. The highest BCUT2D eigenvalue weighted by Gasteiger charge is 2.71. The number of methoxy groups -OCH3 is 2. The number of phenols is 1. The molecule has 6 unspecified atom stereocenters. The number of anilines is 2. The van der Waals surface area contributed by atoms with Crippen LogP contribution in [0.2, 0.25) is 5.02 Å². The second kappa shape index (κ2) is 12.7. The molecule has 0 spiro atoms. The van der Waals surface area contributed by atoms with Gasteiger partial charge in [0.15, 0.2) is 0 Å². The maximum atomic E-state index is 15.5. The van der Waals surface area contributed by atoms with E-state index in [2.05, 4.69) is 0 Å². The molecule has 0 bridgehead atoms. The van der Waals surface area contributed by atoms with Gasteiger partial charge in [-0.05, 0) is 66.6 Å². The fraction of sp³-hybridized carbons (Fsp3) is 0.286. The lowest BCUT2D eigenvalue weighted by molar-refractivity contribution is -0.127. The number of hydrogen-bond donors (Lipinski definition) is 1. The van der Waals surface area contributed by atoms with E-state index in [1.165, 1.54) is 30.1 Å². The number of imide groups is 2. The van der Waals surface area contributed by atoms with E-state index in [1.54, 1.807) is 42.5 Å². The van der Waals surface area contributed by atoms with Crippen LogP contribution in [-0.2, 0) is 31.0 Å². The van der Waals surface area contributed by atoms with Crippen molar-refractivity contribution in [1.82, 2.24) is 0 Å². The number of carbonyl (C=O) groups is 4. The summed E-state index contributed by atoms with van der Waals surface area (Å²) in [6, 6.07) is 26.3. The van der Waals surface area contributed by atoms with Crippen LogP contribution in [-0.4, -0.2) is 43.0 Å². The van der Waals surface area contributed by atoms with Gasteiger partial charge in [0.05, 0.1) is 48.8 Å². The number of aromatic hydroxyl groups is 1. The Bertz CT molecular complexity index is 2170. The van der Waals surface area contributed by atoms with E-state index in [1.807, 2.05) is 55.5 Å². The molecule has 2 aliphatic heterocycles. The van der Waals surface area contributed by atoms with Gasteiger partial charge in [-0.1, -0.05) is 78.7 Å². The number of allylic oxidation sites excluding steroid dienone is 2. The van der Waals surface area contributed by atoms with Gasteiger partial charge < -0.3 is 14.6 Å². The minimum atomic E-state index is -1.57. The van der Waals surface area contributed by atoms with Crippen LogP contribution in [0, 0.1) is 23.7 Å². The van der Waals surface area contributed by atoms with Gasteiger partial charge in [-0.3, -0.25) is 24.1 Å². The second-order valence-corrected chi connectivity index (χ2v) is 14.3. The average molecular weight is 717 g/mol. The summed E-state index contributed by atoms with van der Waals surface area (Å²) in [5.41, 5.74) is 1.92. The fourth-order valence-electron chi connectivity index (χ4n) is 9.36. The zero-order valence-corrected chi connectivity index (χ0v) is 29.7. The molecule has 4 amide bonds. The number of ether oxygens (including phenoxy) is 2. The van der Waals surface area contributed by atoms with Crippen molar-refractivity contribution in [3.05, 3.63) is 124 Å². The SMILES string of the molecule is CCc1ccc(N2C(=O)C3CC=C4C(CC5C(=O)N(c6cccc(Cl)c6)C(=O)C5(c5ccccc5)C4c4c(O)cc(OC)cc4OC)C3C2=O)cc1. The van der Waals surface area contributed by atoms with Crippen LogP contribution in [0.1, 0.15) is 42.4 Å². The van der Waals surface area contributed by atoms with E-state index in [0.29, 0.717) is 38.8 Å². The van der Waals surface area contributed by atoms with Gasteiger partial charge in [-0.15, -0.1) is 0 Å². The van der Waals surface area contributed by atoms with E-state index >= 15 is 4.79 Å². The Morgan fingerprint density at radius 2 is 1.56 bits per heavy atom. The molecule has 0 aromatic heterocycles. The highest BCUT2D eigenvalue weighted by atomic mass is 35.5. The van der Waals surface area contributed by atoms with Crippen molar-refractivity contribution in [2.24, 2.45) is 23.7 Å². The van der Waals surface area contributed by atoms with Crippen molar-refractivity contribution in [3.63, 3.8) is 0 Å². The molecule has 0 radical (unpaired) electrons. The molecular formula is C42H37ClN2O7. The molecule has 4 aromatic rings. The molecular weight excluding hydrogens is 680 g/mol. The lowest BCUT2D eigenvalue weighted by atomic mass is 9.49. The monoisotopic (exact) mass is 716 g/mol. The third kappa shape index (κ3) is 4.75. The molecule has 4 aliphatic rings. The first-order valence-electron chi connectivity index (χ1n) is 17.5. The van der Waals surface area contributed by atoms with Crippen molar-refractivity contribution < 1.29 is 33.8 Å². The van der Waals surface area contributed by atoms with Gasteiger partial charge in [0.25, 0.3) is 0 Å². The summed E-state index contributed by atoms with van der Waals surface area (Å²) < 4.78 is 11.4. The number of amides is 4. The molecule has 264 valence electrons. The third-order valence-corrected chi connectivity index (χ3v) is 11.8. The largest absolute Gasteiger partial charge is 0.507 e. The Morgan fingerprint density at radius 3 is 2.23 bits per heavy atom. The van der Waals surface area contributed by atoms with Crippen molar-refractivity contribution in [1.29, 1.82) is 0 Å². The van der Waals surface area contributed by atoms with Gasteiger partial charge >= 0.3 is 0 Å². The average Bonchev–Trinajstić information content (AvgIpc) is 3.55. The Balaban J connectivity index is 1.37. The molecule has 3 fully saturated rings. The molecule has 2 heterocycles. The highest BCUT2D eigenvalue weighted by Crippen LogP contribution is 2.66. The van der Waals surface area contributed by atoms with Crippen molar-refractivity contribution in [2.75, 3.05) is 24.0 Å². The maximum Gasteiger partial charge on any atom is 0.246 e. The van der Waals surface area contributed by atoms with E-state index in [0.717, 1.165) is 12.0 Å². The summed E-state index contributed by atoms with van der Waals surface area (Å²) in [4.78, 5) is 61.6. The van der Waals surface area contributed by atoms with Gasteiger partial charge in [-0.25, -0.2) is 4.90 Å². The minimum absolute atomic E-state index is 0.126. The number of nitrogens with zero attached hydrogens (tertiary/aromatic N) is 2. The number of fused-ring (bicyclic) bond motifs is 4. The highest BCUT2D eigenvalue weighted by molar-refractivity contribution is 6.32. The summed E-state index contributed by atoms with van der Waals surface area (Å²) in [5.74, 6) is -5.15. The third-order valence-electron chi connectivity index (χ3n) is 11.6. The number of benzene rings is 4. The van der Waals surface area contributed by atoms with Crippen molar-refractivity contribution in [3.8, 4) is 17.2 Å². The van der Waals surface area contributed by atoms with Crippen LogP contribution in [0.25, 0.3) is 0 Å². The first-order chi connectivity index (χ1) is 25.1. The van der Waals surface area contributed by atoms with Gasteiger partial charge in [0, 0.05) is 28.6 Å². The molecule has 1 saturated carbocycles. The zero-order valence-electron chi connectivity index (χ0n) is 28.9. The van der Waals surface area contributed by atoms with Gasteiger partial charge in [0.2, 0.25) is 23.6 Å². The molecule has 2 saturated heterocycles. The molecule has 8 rings (SSSR count). The van der Waals surface area contributed by atoms with Crippen LogP contribution in [0.4, 0.5) is 11.4 Å². The summed E-state index contributed by atoms with van der Waals surface area (Å²) in [5, 5.41) is 12.3. The van der Waals surface area contributed by atoms with Crippen LogP contribution in [0.3, 0.4) is 0 Å². The fourth-order valence-corrected chi connectivity index (χ4v) is 9.54. The Labute approximate surface area is 306 Å². The summed E-state index contributed by atoms with van der Waals surface area (Å²) in [6.07, 6.45) is 3.14. The van der Waals surface area contributed by atoms with Crippen LogP contribution in [0.5, 0.6) is 17.2 Å². The number of hydrogen-bond acceptors (Lipinski definition) is 7. The lowest BCUT2D eigenvalue weighted by Gasteiger charge is -2.51. The lowest BCUT2D eigenvalue weighted by Crippen LogP contribution is -2.53. The van der Waals surface area contributed by atoms with E-state index in [-0.39, 0.29) is 36.2 Å². The van der Waals surface area contributed by atoms with Gasteiger partial charge in [-0.2, -0.15) is 0 Å². The van der Waals surface area contributed by atoms with E-state index < -0.39 is 46.8 Å². The standard InChI is InChI=1S/C42H37ClN2O7/c1-4-23-13-15-26(16-14-23)44-38(47)30-18-17-29-31(35(30)40(44)49)22-32-39(48)45(27-12-8-11-25(43)19-27)41(50)42(32,24-9-6-5-7-10-24)37(29)36-33(46)20-28(51-2)21-34(36)52-3/h5-17,19-21,30-32,35,37,46H,4,18,22H2,1-3H3. The minimum Gasteiger partial charge on any atom is -0.507 e. The predicted octanol–water partition coefficient (Wildman–Crippen LogP) is 6.99.